The number of fused-ring (bicyclic) bond motifs is 1. The fraction of sp³-hybridized carbons (Fsp3) is 0.375. The molecule has 1 aromatic heterocycles. The van der Waals surface area contributed by atoms with Gasteiger partial charge in [0.15, 0.2) is 0 Å². The lowest BCUT2D eigenvalue weighted by molar-refractivity contribution is -0.144. The van der Waals surface area contributed by atoms with Crippen LogP contribution in [0.1, 0.15) is 31.5 Å². The van der Waals surface area contributed by atoms with Gasteiger partial charge in [-0.2, -0.15) is 0 Å². The van der Waals surface area contributed by atoms with Crippen LogP contribution >= 0.6 is 0 Å². The molecule has 0 radical (unpaired) electrons. The molecule has 0 saturated carbocycles. The van der Waals surface area contributed by atoms with Gasteiger partial charge in [0.2, 0.25) is 0 Å². The monoisotopic (exact) mass is 272 g/mol. The van der Waals surface area contributed by atoms with Crippen molar-refractivity contribution in [3.05, 3.63) is 41.6 Å². The van der Waals surface area contributed by atoms with E-state index >= 15 is 0 Å². The summed E-state index contributed by atoms with van der Waals surface area (Å²) < 4.78 is 0. The molecule has 4 nitrogen and oxygen atoms in total. The molecule has 4 heteroatoms. The van der Waals surface area contributed by atoms with Crippen LogP contribution in [0.2, 0.25) is 0 Å². The third kappa shape index (κ3) is 2.80. The van der Waals surface area contributed by atoms with E-state index in [0.717, 1.165) is 22.2 Å². The average molecular weight is 272 g/mol. The molecule has 2 rings (SSSR count). The summed E-state index contributed by atoms with van der Waals surface area (Å²) >= 11 is 0. The van der Waals surface area contributed by atoms with Crippen molar-refractivity contribution < 1.29 is 9.90 Å². The number of nitrogens with zero attached hydrogens (tertiary/aromatic N) is 1. The van der Waals surface area contributed by atoms with Gasteiger partial charge in [0.05, 0.1) is 5.52 Å². The SMILES string of the molecule is CCC(C)(NCc1cc(C)nc2ccccc12)C(=O)O. The molecule has 0 aliphatic carbocycles. The molecular weight excluding hydrogens is 252 g/mol. The first-order chi connectivity index (χ1) is 9.46. The van der Waals surface area contributed by atoms with Crippen LogP contribution < -0.4 is 5.32 Å². The lowest BCUT2D eigenvalue weighted by Gasteiger charge is -2.25. The molecule has 1 aromatic carbocycles. The van der Waals surface area contributed by atoms with E-state index < -0.39 is 11.5 Å². The third-order valence-electron chi connectivity index (χ3n) is 3.78. The summed E-state index contributed by atoms with van der Waals surface area (Å²) in [6.07, 6.45) is 0.532. The Bertz CT molecular complexity index is 639. The number of para-hydroxylation sites is 1. The van der Waals surface area contributed by atoms with Gasteiger partial charge in [0.1, 0.15) is 5.54 Å². The molecule has 106 valence electrons. The van der Waals surface area contributed by atoms with E-state index in [1.165, 1.54) is 0 Å². The number of carboxylic acids is 1. The van der Waals surface area contributed by atoms with Crippen LogP contribution in [0.25, 0.3) is 10.9 Å². The van der Waals surface area contributed by atoms with Crippen LogP contribution in [0, 0.1) is 6.92 Å². The minimum atomic E-state index is -0.904. The molecule has 2 aromatic rings. The summed E-state index contributed by atoms with van der Waals surface area (Å²) in [5.41, 5.74) is 2.05. The predicted molar refractivity (Wildman–Crippen MR) is 79.7 cm³/mol. The number of rotatable bonds is 5. The number of pyridine rings is 1. The largest absolute Gasteiger partial charge is 0.480 e. The molecule has 1 unspecified atom stereocenters. The average Bonchev–Trinajstić information content (AvgIpc) is 2.44. The minimum Gasteiger partial charge on any atom is -0.480 e. The van der Waals surface area contributed by atoms with Crippen molar-refractivity contribution in [1.82, 2.24) is 10.3 Å². The Kier molecular flexibility index (Phi) is 4.04. The summed E-state index contributed by atoms with van der Waals surface area (Å²) in [6, 6.07) is 9.93. The quantitative estimate of drug-likeness (QED) is 0.878. The molecule has 2 N–H and O–H groups in total. The van der Waals surface area contributed by atoms with Crippen LogP contribution in [0.3, 0.4) is 0 Å². The smallest absolute Gasteiger partial charge is 0.323 e. The molecular formula is C16H20N2O2. The first-order valence-corrected chi connectivity index (χ1v) is 6.80. The van der Waals surface area contributed by atoms with Gasteiger partial charge >= 0.3 is 5.97 Å². The Morgan fingerprint density at radius 1 is 1.40 bits per heavy atom. The highest BCUT2D eigenvalue weighted by molar-refractivity contribution is 5.82. The highest BCUT2D eigenvalue weighted by Crippen LogP contribution is 2.19. The molecule has 1 heterocycles. The zero-order valence-corrected chi connectivity index (χ0v) is 12.1. The van der Waals surface area contributed by atoms with Gasteiger partial charge < -0.3 is 5.11 Å². The van der Waals surface area contributed by atoms with Gasteiger partial charge in [-0.1, -0.05) is 25.1 Å². The Morgan fingerprint density at radius 3 is 2.75 bits per heavy atom. The first kappa shape index (κ1) is 14.5. The second kappa shape index (κ2) is 5.59. The fourth-order valence-electron chi connectivity index (χ4n) is 2.18. The second-order valence-corrected chi connectivity index (χ2v) is 5.28. The van der Waals surface area contributed by atoms with E-state index in [0.29, 0.717) is 13.0 Å². The molecule has 0 amide bonds. The van der Waals surface area contributed by atoms with Gasteiger partial charge in [0, 0.05) is 17.6 Å². The summed E-state index contributed by atoms with van der Waals surface area (Å²) in [7, 11) is 0. The molecule has 0 spiro atoms. The Morgan fingerprint density at radius 2 is 2.10 bits per heavy atom. The predicted octanol–water partition coefficient (Wildman–Crippen LogP) is 2.89. The summed E-state index contributed by atoms with van der Waals surface area (Å²) in [6.45, 7) is 6.05. The zero-order chi connectivity index (χ0) is 14.8. The van der Waals surface area contributed by atoms with Gasteiger partial charge in [0.25, 0.3) is 0 Å². The number of aliphatic carboxylic acids is 1. The number of aryl methyl sites for hydroxylation is 1. The standard InChI is InChI=1S/C16H20N2O2/c1-4-16(3,15(19)20)17-10-12-9-11(2)18-14-8-6-5-7-13(12)14/h5-9,17H,4,10H2,1-3H3,(H,19,20). The first-order valence-electron chi connectivity index (χ1n) is 6.80. The van der Waals surface area contributed by atoms with Crippen LogP contribution in [0.15, 0.2) is 30.3 Å². The van der Waals surface area contributed by atoms with Gasteiger partial charge in [-0.3, -0.25) is 15.1 Å². The number of hydrogen-bond acceptors (Lipinski definition) is 3. The van der Waals surface area contributed by atoms with E-state index in [1.807, 2.05) is 44.2 Å². The van der Waals surface area contributed by atoms with Crippen molar-refractivity contribution in [2.45, 2.75) is 39.3 Å². The molecule has 0 saturated heterocycles. The van der Waals surface area contributed by atoms with E-state index in [4.69, 9.17) is 0 Å². The topological polar surface area (TPSA) is 62.2 Å². The maximum Gasteiger partial charge on any atom is 0.323 e. The van der Waals surface area contributed by atoms with E-state index in [-0.39, 0.29) is 0 Å². The summed E-state index contributed by atoms with van der Waals surface area (Å²) in [5, 5.41) is 13.5. The van der Waals surface area contributed by atoms with Gasteiger partial charge in [-0.25, -0.2) is 0 Å². The fourth-order valence-corrected chi connectivity index (χ4v) is 2.18. The Hall–Kier alpha value is -1.94. The zero-order valence-electron chi connectivity index (χ0n) is 12.1. The molecule has 0 aliphatic heterocycles. The molecule has 1 atom stereocenters. The van der Waals surface area contributed by atoms with Crippen molar-refractivity contribution in [3.63, 3.8) is 0 Å². The Labute approximate surface area is 118 Å². The lowest BCUT2D eigenvalue weighted by atomic mass is 9.98. The molecule has 20 heavy (non-hydrogen) atoms. The van der Waals surface area contributed by atoms with Crippen molar-refractivity contribution in [2.24, 2.45) is 0 Å². The number of carboxylic acid groups (broad SMARTS) is 1. The van der Waals surface area contributed by atoms with Crippen LogP contribution in [-0.4, -0.2) is 21.6 Å². The highest BCUT2D eigenvalue weighted by atomic mass is 16.4. The van der Waals surface area contributed by atoms with Crippen molar-refractivity contribution in [2.75, 3.05) is 0 Å². The maximum absolute atomic E-state index is 11.3. The van der Waals surface area contributed by atoms with Crippen molar-refractivity contribution in [3.8, 4) is 0 Å². The minimum absolute atomic E-state index is 0.514. The summed E-state index contributed by atoms with van der Waals surface area (Å²) in [5.74, 6) is -0.824. The molecule has 0 fully saturated rings. The van der Waals surface area contributed by atoms with Gasteiger partial charge in [-0.15, -0.1) is 0 Å². The van der Waals surface area contributed by atoms with Crippen LogP contribution in [0.4, 0.5) is 0 Å². The van der Waals surface area contributed by atoms with E-state index in [2.05, 4.69) is 10.3 Å². The highest BCUT2D eigenvalue weighted by Gasteiger charge is 2.30. The maximum atomic E-state index is 11.3. The number of benzene rings is 1. The number of nitrogens with one attached hydrogen (secondary N) is 1. The Balaban J connectivity index is 2.32. The molecule has 0 bridgehead atoms. The number of aromatic nitrogens is 1. The van der Waals surface area contributed by atoms with Gasteiger partial charge in [-0.05, 0) is 38.0 Å². The molecule has 0 aliphatic rings. The third-order valence-corrected chi connectivity index (χ3v) is 3.78. The van der Waals surface area contributed by atoms with E-state index in [9.17, 15) is 9.90 Å². The van der Waals surface area contributed by atoms with Crippen LogP contribution in [0.5, 0.6) is 0 Å². The van der Waals surface area contributed by atoms with Crippen molar-refractivity contribution >= 4 is 16.9 Å². The lowest BCUT2D eigenvalue weighted by Crippen LogP contribution is -2.48. The van der Waals surface area contributed by atoms with E-state index in [1.54, 1.807) is 6.92 Å². The van der Waals surface area contributed by atoms with Crippen LogP contribution in [-0.2, 0) is 11.3 Å². The second-order valence-electron chi connectivity index (χ2n) is 5.28. The number of carbonyl (C=O) groups is 1. The van der Waals surface area contributed by atoms with Crippen molar-refractivity contribution in [1.29, 1.82) is 0 Å². The summed E-state index contributed by atoms with van der Waals surface area (Å²) in [4.78, 5) is 15.8. The number of hydrogen-bond donors (Lipinski definition) is 2. The normalized spacial score (nSPS) is 14.2.